The van der Waals surface area contributed by atoms with Crippen molar-refractivity contribution in [3.05, 3.63) is 70.8 Å². The van der Waals surface area contributed by atoms with E-state index in [0.29, 0.717) is 6.04 Å². The van der Waals surface area contributed by atoms with Crippen LogP contribution in [0.3, 0.4) is 0 Å². The molecule has 2 atom stereocenters. The van der Waals surface area contributed by atoms with E-state index in [4.69, 9.17) is 0 Å². The Morgan fingerprint density at radius 2 is 1.75 bits per heavy atom. The average Bonchev–Trinajstić information content (AvgIpc) is 2.61. The first-order valence-electron chi connectivity index (χ1n) is 9.18. The van der Waals surface area contributed by atoms with Gasteiger partial charge in [-0.1, -0.05) is 54.1 Å². The van der Waals surface area contributed by atoms with Gasteiger partial charge in [0.25, 0.3) is 0 Å². The fourth-order valence-corrected chi connectivity index (χ4v) is 4.77. The molecule has 2 aromatic carbocycles. The van der Waals surface area contributed by atoms with Gasteiger partial charge in [-0.05, 0) is 57.0 Å². The molecule has 126 valence electrons. The van der Waals surface area contributed by atoms with Gasteiger partial charge in [-0.3, -0.25) is 4.90 Å². The van der Waals surface area contributed by atoms with Crippen LogP contribution < -0.4 is 0 Å². The lowest BCUT2D eigenvalue weighted by Gasteiger charge is -2.54. The fraction of sp³-hybridized carbons (Fsp3) is 0.455. The Labute approximate surface area is 146 Å². The van der Waals surface area contributed by atoms with E-state index < -0.39 is 0 Å². The summed E-state index contributed by atoms with van der Waals surface area (Å²) in [4.78, 5) is 5.17. The van der Waals surface area contributed by atoms with E-state index in [1.807, 2.05) is 0 Å². The normalized spacial score (nSPS) is 26.9. The van der Waals surface area contributed by atoms with Gasteiger partial charge in [-0.25, -0.2) is 0 Å². The molecule has 2 aliphatic rings. The highest BCUT2D eigenvalue weighted by atomic mass is 15.2. The number of fused-ring (bicyclic) bond motifs is 3. The van der Waals surface area contributed by atoms with Gasteiger partial charge in [0.15, 0.2) is 0 Å². The summed E-state index contributed by atoms with van der Waals surface area (Å²) in [7, 11) is 4.47. The van der Waals surface area contributed by atoms with Gasteiger partial charge in [-0.2, -0.15) is 0 Å². The number of benzene rings is 2. The molecule has 0 spiro atoms. The molecule has 1 fully saturated rings. The number of rotatable bonds is 2. The zero-order valence-corrected chi connectivity index (χ0v) is 15.1. The monoisotopic (exact) mass is 320 g/mol. The molecule has 0 aliphatic carbocycles. The van der Waals surface area contributed by atoms with E-state index in [1.165, 1.54) is 54.6 Å². The van der Waals surface area contributed by atoms with Crippen molar-refractivity contribution in [3.63, 3.8) is 0 Å². The van der Waals surface area contributed by atoms with Gasteiger partial charge >= 0.3 is 0 Å². The van der Waals surface area contributed by atoms with Crippen molar-refractivity contribution in [3.8, 4) is 0 Å². The molecule has 2 aliphatic heterocycles. The molecular weight excluding hydrogens is 292 g/mol. The van der Waals surface area contributed by atoms with Crippen LogP contribution in [0.1, 0.15) is 35.1 Å². The fourth-order valence-electron chi connectivity index (χ4n) is 4.77. The summed E-state index contributed by atoms with van der Waals surface area (Å²) in [5.74, 6) is 0. The molecule has 0 radical (unpaired) electrons. The van der Waals surface area contributed by atoms with Gasteiger partial charge in [0.2, 0.25) is 0 Å². The first-order valence-corrected chi connectivity index (χ1v) is 9.18. The largest absolute Gasteiger partial charge is 0.306 e. The second-order valence-corrected chi connectivity index (χ2v) is 7.73. The molecule has 0 aromatic heterocycles. The second kappa shape index (κ2) is 6.02. The molecule has 2 aromatic rings. The van der Waals surface area contributed by atoms with Crippen LogP contribution in [-0.2, 0) is 12.0 Å². The minimum atomic E-state index is 0.0374. The van der Waals surface area contributed by atoms with Crippen LogP contribution in [0.15, 0.2) is 48.5 Å². The van der Waals surface area contributed by atoms with Gasteiger partial charge in [-0.15, -0.1) is 0 Å². The number of hydrogen-bond acceptors (Lipinski definition) is 2. The maximum absolute atomic E-state index is 2.75. The predicted molar refractivity (Wildman–Crippen MR) is 100 cm³/mol. The Morgan fingerprint density at radius 3 is 2.50 bits per heavy atom. The average molecular weight is 320 g/mol. The second-order valence-electron chi connectivity index (χ2n) is 7.73. The number of piperidine rings is 1. The van der Waals surface area contributed by atoms with Gasteiger partial charge in [0.05, 0.1) is 5.54 Å². The van der Waals surface area contributed by atoms with Crippen LogP contribution >= 0.6 is 0 Å². The van der Waals surface area contributed by atoms with Crippen LogP contribution in [0, 0.1) is 6.92 Å². The topological polar surface area (TPSA) is 6.48 Å². The molecular formula is C22H28N2. The van der Waals surface area contributed by atoms with Crippen LogP contribution in [0.25, 0.3) is 0 Å². The third-order valence-corrected chi connectivity index (χ3v) is 6.18. The summed E-state index contributed by atoms with van der Waals surface area (Å²) in [6.45, 7) is 4.54. The Balaban J connectivity index is 1.91. The zero-order valence-electron chi connectivity index (χ0n) is 15.1. The number of hydrogen-bond donors (Lipinski definition) is 0. The Kier molecular flexibility index (Phi) is 3.98. The van der Waals surface area contributed by atoms with Crippen molar-refractivity contribution in [1.82, 2.24) is 9.80 Å². The molecule has 1 saturated heterocycles. The van der Waals surface area contributed by atoms with Gasteiger partial charge in [0.1, 0.15) is 0 Å². The maximum Gasteiger partial charge on any atom is 0.0733 e. The van der Waals surface area contributed by atoms with Crippen molar-refractivity contribution in [1.29, 1.82) is 0 Å². The Bertz CT molecular complexity index is 719. The standard InChI is InChI=1S/C22H28N2/c1-17-8-10-19(11-9-17)22-16-20(23(2)3)13-15-24(22)14-12-18-6-4-5-7-21(18)22/h4-11,20H,12-16H2,1-3H3. The van der Waals surface area contributed by atoms with Crippen molar-refractivity contribution >= 4 is 0 Å². The van der Waals surface area contributed by atoms with E-state index in [9.17, 15) is 0 Å². The van der Waals surface area contributed by atoms with Gasteiger partial charge < -0.3 is 4.90 Å². The molecule has 0 saturated carbocycles. The van der Waals surface area contributed by atoms with E-state index in [-0.39, 0.29) is 5.54 Å². The summed E-state index contributed by atoms with van der Waals surface area (Å²) >= 11 is 0. The first kappa shape index (κ1) is 15.9. The lowest BCUT2D eigenvalue weighted by molar-refractivity contribution is 0.0245. The van der Waals surface area contributed by atoms with Crippen molar-refractivity contribution in [2.45, 2.75) is 37.8 Å². The van der Waals surface area contributed by atoms with E-state index in [2.05, 4.69) is 79.3 Å². The smallest absolute Gasteiger partial charge is 0.0733 e. The molecule has 0 amide bonds. The number of nitrogens with zero attached hydrogens (tertiary/aromatic N) is 2. The molecule has 2 nitrogen and oxygen atoms in total. The SMILES string of the molecule is Cc1ccc(C23CC(N(C)C)CCN2CCc2ccccc23)cc1. The third kappa shape index (κ3) is 2.40. The summed E-state index contributed by atoms with van der Waals surface area (Å²) in [6.07, 6.45) is 3.62. The van der Waals surface area contributed by atoms with Crippen LogP contribution in [0.5, 0.6) is 0 Å². The number of aryl methyl sites for hydroxylation is 1. The molecule has 4 rings (SSSR count). The van der Waals surface area contributed by atoms with Crippen molar-refractivity contribution < 1.29 is 0 Å². The molecule has 0 N–H and O–H groups in total. The highest BCUT2D eigenvalue weighted by molar-refractivity contribution is 5.46. The Hall–Kier alpha value is -1.64. The third-order valence-electron chi connectivity index (χ3n) is 6.18. The molecule has 2 heteroatoms. The minimum Gasteiger partial charge on any atom is -0.306 e. The summed E-state index contributed by atoms with van der Waals surface area (Å²) in [6, 6.07) is 19.0. The molecule has 0 bridgehead atoms. The predicted octanol–water partition coefficient (Wildman–Crippen LogP) is 3.82. The van der Waals surface area contributed by atoms with E-state index in [0.717, 1.165) is 0 Å². The molecule has 2 unspecified atom stereocenters. The van der Waals surface area contributed by atoms with E-state index >= 15 is 0 Å². The van der Waals surface area contributed by atoms with E-state index in [1.54, 1.807) is 0 Å². The highest BCUT2D eigenvalue weighted by Crippen LogP contribution is 2.47. The quantitative estimate of drug-likeness (QED) is 0.830. The summed E-state index contributed by atoms with van der Waals surface area (Å²) < 4.78 is 0. The van der Waals surface area contributed by atoms with Crippen LogP contribution in [0.4, 0.5) is 0 Å². The zero-order chi connectivity index (χ0) is 16.7. The van der Waals surface area contributed by atoms with Crippen LogP contribution in [0.2, 0.25) is 0 Å². The van der Waals surface area contributed by atoms with Crippen molar-refractivity contribution in [2.24, 2.45) is 0 Å². The Morgan fingerprint density at radius 1 is 1.00 bits per heavy atom. The lowest BCUT2D eigenvalue weighted by Crippen LogP contribution is -2.58. The lowest BCUT2D eigenvalue weighted by atomic mass is 9.69. The summed E-state index contributed by atoms with van der Waals surface area (Å²) in [5, 5.41) is 0. The first-order chi connectivity index (χ1) is 11.6. The van der Waals surface area contributed by atoms with Gasteiger partial charge in [0, 0.05) is 19.1 Å². The highest BCUT2D eigenvalue weighted by Gasteiger charge is 2.48. The van der Waals surface area contributed by atoms with Crippen LogP contribution in [-0.4, -0.2) is 43.0 Å². The van der Waals surface area contributed by atoms with Crippen molar-refractivity contribution in [2.75, 3.05) is 27.2 Å². The summed E-state index contributed by atoms with van der Waals surface area (Å²) in [5.41, 5.74) is 5.91. The maximum atomic E-state index is 2.75. The minimum absolute atomic E-state index is 0.0374. The molecule has 24 heavy (non-hydrogen) atoms. The molecule has 2 heterocycles.